The highest BCUT2D eigenvalue weighted by molar-refractivity contribution is 6.28. The van der Waals surface area contributed by atoms with Crippen LogP contribution in [0.25, 0.3) is 0 Å². The normalized spacial score (nSPS) is 14.7. The maximum Gasteiger partial charge on any atom is 0.194 e. The van der Waals surface area contributed by atoms with Crippen LogP contribution in [0.5, 0.6) is 0 Å². The smallest absolute Gasteiger partial charge is 0.194 e. The van der Waals surface area contributed by atoms with Gasteiger partial charge in [-0.25, -0.2) is 0 Å². The standard InChI is InChI=1S/C17H15NO2/c1-10(18-2)11-7-8-14-15(9-11)17(20)13-6-4-3-5-12(13)16(14)19/h3-10,18H,1-2H3. The molecule has 1 unspecified atom stereocenters. The summed E-state index contributed by atoms with van der Waals surface area (Å²) in [7, 11) is 1.87. The number of nitrogens with one attached hydrogen (secondary N) is 1. The van der Waals surface area contributed by atoms with E-state index in [-0.39, 0.29) is 17.6 Å². The van der Waals surface area contributed by atoms with Gasteiger partial charge in [0.2, 0.25) is 0 Å². The second-order valence-corrected chi connectivity index (χ2v) is 5.02. The van der Waals surface area contributed by atoms with Crippen molar-refractivity contribution < 1.29 is 9.59 Å². The summed E-state index contributed by atoms with van der Waals surface area (Å²) in [6.45, 7) is 2.02. The third-order valence-electron chi connectivity index (χ3n) is 3.88. The first-order valence-electron chi connectivity index (χ1n) is 6.63. The molecule has 2 aromatic carbocycles. The lowest BCUT2D eigenvalue weighted by atomic mass is 9.83. The molecule has 0 aliphatic heterocycles. The Labute approximate surface area is 117 Å². The van der Waals surface area contributed by atoms with Gasteiger partial charge in [-0.15, -0.1) is 0 Å². The van der Waals surface area contributed by atoms with Crippen LogP contribution in [0, 0.1) is 0 Å². The van der Waals surface area contributed by atoms with Crippen LogP contribution in [0.15, 0.2) is 42.5 Å². The van der Waals surface area contributed by atoms with Gasteiger partial charge in [-0.2, -0.15) is 0 Å². The predicted octanol–water partition coefficient (Wildman–Crippen LogP) is 2.74. The highest BCUT2D eigenvalue weighted by atomic mass is 16.1. The molecule has 0 saturated heterocycles. The summed E-state index contributed by atoms with van der Waals surface area (Å²) in [5.74, 6) is -0.140. The Kier molecular flexibility index (Phi) is 2.99. The van der Waals surface area contributed by atoms with Crippen molar-refractivity contribution in [2.24, 2.45) is 0 Å². The van der Waals surface area contributed by atoms with Crippen molar-refractivity contribution in [3.8, 4) is 0 Å². The zero-order chi connectivity index (χ0) is 14.3. The first-order chi connectivity index (χ1) is 9.63. The maximum atomic E-state index is 12.5. The van der Waals surface area contributed by atoms with Gasteiger partial charge in [-0.1, -0.05) is 30.3 Å². The van der Waals surface area contributed by atoms with Gasteiger partial charge >= 0.3 is 0 Å². The van der Waals surface area contributed by atoms with E-state index in [0.29, 0.717) is 22.3 Å². The van der Waals surface area contributed by atoms with Gasteiger partial charge in [0.1, 0.15) is 0 Å². The van der Waals surface area contributed by atoms with Gasteiger partial charge in [-0.05, 0) is 31.7 Å². The predicted molar refractivity (Wildman–Crippen MR) is 77.2 cm³/mol. The first-order valence-corrected chi connectivity index (χ1v) is 6.63. The molecular weight excluding hydrogens is 250 g/mol. The largest absolute Gasteiger partial charge is 0.313 e. The summed E-state index contributed by atoms with van der Waals surface area (Å²) in [5, 5.41) is 3.14. The topological polar surface area (TPSA) is 46.2 Å². The van der Waals surface area contributed by atoms with Crippen molar-refractivity contribution in [1.82, 2.24) is 5.32 Å². The first kappa shape index (κ1) is 12.8. The molecule has 0 aromatic heterocycles. The molecule has 0 heterocycles. The van der Waals surface area contributed by atoms with Crippen LogP contribution in [0.1, 0.15) is 50.4 Å². The molecule has 0 amide bonds. The fourth-order valence-corrected chi connectivity index (χ4v) is 2.55. The van der Waals surface area contributed by atoms with Gasteiger partial charge in [-0.3, -0.25) is 9.59 Å². The summed E-state index contributed by atoms with van der Waals surface area (Å²) in [6.07, 6.45) is 0. The molecule has 2 aromatic rings. The van der Waals surface area contributed by atoms with E-state index in [1.807, 2.05) is 26.1 Å². The van der Waals surface area contributed by atoms with E-state index in [4.69, 9.17) is 0 Å². The van der Waals surface area contributed by atoms with Crippen molar-refractivity contribution in [2.75, 3.05) is 7.05 Å². The summed E-state index contributed by atoms with van der Waals surface area (Å²) in [6, 6.07) is 12.6. The van der Waals surface area contributed by atoms with Crippen LogP contribution < -0.4 is 5.32 Å². The fraction of sp³-hybridized carbons (Fsp3) is 0.176. The Hall–Kier alpha value is -2.26. The van der Waals surface area contributed by atoms with Crippen LogP contribution in [0.3, 0.4) is 0 Å². The zero-order valence-electron chi connectivity index (χ0n) is 11.4. The lowest BCUT2D eigenvalue weighted by molar-refractivity contribution is 0.0979. The summed E-state index contributed by atoms with van der Waals surface area (Å²) < 4.78 is 0. The van der Waals surface area contributed by atoms with Crippen LogP contribution in [0.4, 0.5) is 0 Å². The molecule has 1 aliphatic rings. The summed E-state index contributed by atoms with van der Waals surface area (Å²) in [4.78, 5) is 25.0. The van der Waals surface area contributed by atoms with Crippen LogP contribution in [-0.2, 0) is 0 Å². The number of hydrogen-bond donors (Lipinski definition) is 1. The van der Waals surface area contributed by atoms with Crippen LogP contribution in [-0.4, -0.2) is 18.6 Å². The summed E-state index contributed by atoms with van der Waals surface area (Å²) in [5.41, 5.74) is 3.01. The quantitative estimate of drug-likeness (QED) is 0.775. The number of carbonyl (C=O) groups excluding carboxylic acids is 2. The molecular formula is C17H15NO2. The lowest BCUT2D eigenvalue weighted by Gasteiger charge is -2.19. The van der Waals surface area contributed by atoms with E-state index in [9.17, 15) is 9.59 Å². The molecule has 1 aliphatic carbocycles. The molecule has 1 N–H and O–H groups in total. The average molecular weight is 265 g/mol. The van der Waals surface area contributed by atoms with Gasteiger partial charge < -0.3 is 5.32 Å². The highest BCUT2D eigenvalue weighted by Crippen LogP contribution is 2.29. The van der Waals surface area contributed by atoms with Gasteiger partial charge in [0.25, 0.3) is 0 Å². The second-order valence-electron chi connectivity index (χ2n) is 5.02. The van der Waals surface area contributed by atoms with E-state index >= 15 is 0 Å². The molecule has 0 spiro atoms. The molecule has 20 heavy (non-hydrogen) atoms. The van der Waals surface area contributed by atoms with Gasteiger partial charge in [0.15, 0.2) is 11.6 Å². The minimum atomic E-state index is -0.0705. The molecule has 0 fully saturated rings. The van der Waals surface area contributed by atoms with E-state index < -0.39 is 0 Å². The Bertz CT molecular complexity index is 719. The Morgan fingerprint density at radius 3 is 2.00 bits per heavy atom. The van der Waals surface area contributed by atoms with Crippen molar-refractivity contribution >= 4 is 11.6 Å². The SMILES string of the molecule is CNC(C)c1ccc2c(c1)C(=O)c1ccccc1C2=O. The number of carbonyl (C=O) groups is 2. The van der Waals surface area contributed by atoms with Crippen molar-refractivity contribution in [3.05, 3.63) is 70.3 Å². The number of benzene rings is 2. The zero-order valence-corrected chi connectivity index (χ0v) is 11.4. The van der Waals surface area contributed by atoms with Crippen molar-refractivity contribution in [3.63, 3.8) is 0 Å². The molecule has 1 atom stereocenters. The molecule has 3 rings (SSSR count). The minimum Gasteiger partial charge on any atom is -0.313 e. The van der Waals surface area contributed by atoms with E-state index in [1.165, 1.54) is 0 Å². The second kappa shape index (κ2) is 4.69. The summed E-state index contributed by atoms with van der Waals surface area (Å²) >= 11 is 0. The molecule has 3 heteroatoms. The van der Waals surface area contributed by atoms with Crippen molar-refractivity contribution in [2.45, 2.75) is 13.0 Å². The Morgan fingerprint density at radius 1 is 0.850 bits per heavy atom. The monoisotopic (exact) mass is 265 g/mol. The Morgan fingerprint density at radius 2 is 1.40 bits per heavy atom. The molecule has 0 bridgehead atoms. The maximum absolute atomic E-state index is 12.5. The van der Waals surface area contributed by atoms with E-state index in [1.54, 1.807) is 30.3 Å². The molecule has 100 valence electrons. The van der Waals surface area contributed by atoms with Gasteiger partial charge in [0.05, 0.1) is 0 Å². The fourth-order valence-electron chi connectivity index (χ4n) is 2.55. The number of rotatable bonds is 2. The number of ketones is 2. The Balaban J connectivity index is 2.18. The van der Waals surface area contributed by atoms with E-state index in [0.717, 1.165) is 5.56 Å². The average Bonchev–Trinajstić information content (AvgIpc) is 2.51. The third kappa shape index (κ3) is 1.79. The van der Waals surface area contributed by atoms with Gasteiger partial charge in [0, 0.05) is 28.3 Å². The number of fused-ring (bicyclic) bond motifs is 2. The van der Waals surface area contributed by atoms with Crippen molar-refractivity contribution in [1.29, 1.82) is 0 Å². The highest BCUT2D eigenvalue weighted by Gasteiger charge is 2.29. The van der Waals surface area contributed by atoms with Crippen LogP contribution in [0.2, 0.25) is 0 Å². The molecule has 0 saturated carbocycles. The lowest BCUT2D eigenvalue weighted by Crippen LogP contribution is -2.22. The molecule has 3 nitrogen and oxygen atoms in total. The number of hydrogen-bond acceptors (Lipinski definition) is 3. The third-order valence-corrected chi connectivity index (χ3v) is 3.88. The van der Waals surface area contributed by atoms with Crippen LogP contribution >= 0.6 is 0 Å². The molecule has 0 radical (unpaired) electrons. The minimum absolute atomic E-state index is 0.0691. The van der Waals surface area contributed by atoms with E-state index in [2.05, 4.69) is 5.32 Å².